The second-order valence-electron chi connectivity index (χ2n) is 5.81. The molecule has 7 nitrogen and oxygen atoms in total. The molecule has 1 aromatic carbocycles. The molecule has 1 aliphatic rings. The van der Waals surface area contributed by atoms with Crippen LogP contribution >= 0.6 is 15.9 Å². The minimum atomic E-state index is -0.143. The van der Waals surface area contributed by atoms with Crippen LogP contribution in [0.15, 0.2) is 41.3 Å². The minimum absolute atomic E-state index is 0.0941. The van der Waals surface area contributed by atoms with Crippen LogP contribution < -0.4 is 10.2 Å². The van der Waals surface area contributed by atoms with Gasteiger partial charge in [-0.1, -0.05) is 15.9 Å². The number of nitrogens with one attached hydrogen (secondary N) is 1. The molecule has 1 fully saturated rings. The van der Waals surface area contributed by atoms with E-state index in [4.69, 9.17) is 0 Å². The third-order valence-electron chi connectivity index (χ3n) is 4.04. The molecule has 0 unspecified atom stereocenters. The molecule has 0 saturated carbocycles. The summed E-state index contributed by atoms with van der Waals surface area (Å²) in [4.78, 5) is 23.0. The first-order valence-corrected chi connectivity index (χ1v) is 8.35. The van der Waals surface area contributed by atoms with Gasteiger partial charge in [-0.3, -0.25) is 9.48 Å². The molecule has 0 bridgehead atoms. The Morgan fingerprint density at radius 1 is 1.29 bits per heavy atom. The van der Waals surface area contributed by atoms with E-state index in [0.29, 0.717) is 5.69 Å². The lowest BCUT2D eigenvalue weighted by Crippen LogP contribution is -2.59. The molecule has 0 aliphatic carbocycles. The Hall–Kier alpha value is -2.48. The van der Waals surface area contributed by atoms with Crippen molar-refractivity contribution in [2.24, 2.45) is 7.05 Å². The van der Waals surface area contributed by atoms with E-state index in [0.717, 1.165) is 34.3 Å². The highest BCUT2D eigenvalue weighted by Crippen LogP contribution is 2.28. The number of anilines is 1. The Kier molecular flexibility index (Phi) is 3.68. The Labute approximate surface area is 146 Å². The topological polar surface area (TPSA) is 75.9 Å². The van der Waals surface area contributed by atoms with Gasteiger partial charge in [0.05, 0.1) is 11.6 Å². The Morgan fingerprint density at radius 3 is 2.88 bits per heavy atom. The lowest BCUT2D eigenvalue weighted by atomic mass is 10.1. The third kappa shape index (κ3) is 2.73. The van der Waals surface area contributed by atoms with Crippen molar-refractivity contribution in [2.75, 3.05) is 18.0 Å². The van der Waals surface area contributed by atoms with Crippen LogP contribution in [0.3, 0.4) is 0 Å². The zero-order valence-corrected chi connectivity index (χ0v) is 14.6. The van der Waals surface area contributed by atoms with E-state index < -0.39 is 0 Å². The van der Waals surface area contributed by atoms with E-state index in [9.17, 15) is 4.79 Å². The normalized spacial score (nSPS) is 14.7. The fourth-order valence-corrected chi connectivity index (χ4v) is 3.17. The van der Waals surface area contributed by atoms with Crippen LogP contribution in [0.25, 0.3) is 10.9 Å². The molecule has 0 spiro atoms. The molecule has 24 heavy (non-hydrogen) atoms. The molecular formula is C16H15BrN6O. The van der Waals surface area contributed by atoms with Gasteiger partial charge in [0.25, 0.3) is 5.91 Å². The monoisotopic (exact) mass is 386 g/mol. The number of halogens is 1. The second-order valence-corrected chi connectivity index (χ2v) is 6.72. The first-order valence-electron chi connectivity index (χ1n) is 7.56. The number of nitrogens with zero attached hydrogens (tertiary/aromatic N) is 5. The van der Waals surface area contributed by atoms with Gasteiger partial charge >= 0.3 is 0 Å². The quantitative estimate of drug-likeness (QED) is 0.741. The summed E-state index contributed by atoms with van der Waals surface area (Å²) in [5, 5.41) is 8.11. The van der Waals surface area contributed by atoms with Crippen molar-refractivity contribution in [2.45, 2.75) is 6.04 Å². The van der Waals surface area contributed by atoms with Crippen LogP contribution in [0.1, 0.15) is 10.5 Å². The maximum atomic E-state index is 12.1. The number of amides is 1. The maximum absolute atomic E-state index is 12.1. The third-order valence-corrected chi connectivity index (χ3v) is 4.53. The van der Waals surface area contributed by atoms with Gasteiger partial charge in [0.15, 0.2) is 0 Å². The van der Waals surface area contributed by atoms with Gasteiger partial charge in [-0.2, -0.15) is 5.10 Å². The fraction of sp³-hybridized carbons (Fsp3) is 0.250. The van der Waals surface area contributed by atoms with Crippen molar-refractivity contribution in [1.29, 1.82) is 0 Å². The number of benzene rings is 1. The molecule has 1 amide bonds. The van der Waals surface area contributed by atoms with Gasteiger partial charge in [-0.15, -0.1) is 0 Å². The molecule has 3 heterocycles. The van der Waals surface area contributed by atoms with E-state index in [1.54, 1.807) is 30.3 Å². The van der Waals surface area contributed by atoms with Gasteiger partial charge in [-0.05, 0) is 24.3 Å². The molecule has 1 N–H and O–H groups in total. The van der Waals surface area contributed by atoms with Crippen molar-refractivity contribution in [3.8, 4) is 0 Å². The van der Waals surface area contributed by atoms with Crippen LogP contribution in [-0.2, 0) is 7.05 Å². The van der Waals surface area contributed by atoms with Crippen molar-refractivity contribution in [3.05, 3.63) is 47.0 Å². The average Bonchev–Trinajstić information content (AvgIpc) is 2.96. The summed E-state index contributed by atoms with van der Waals surface area (Å²) in [7, 11) is 1.79. The van der Waals surface area contributed by atoms with Crippen molar-refractivity contribution in [1.82, 2.24) is 25.1 Å². The number of hydrogen-bond donors (Lipinski definition) is 1. The lowest BCUT2D eigenvalue weighted by Gasteiger charge is -2.40. The van der Waals surface area contributed by atoms with Gasteiger partial charge in [0, 0.05) is 36.2 Å². The molecule has 4 rings (SSSR count). The van der Waals surface area contributed by atoms with Crippen LogP contribution in [0.2, 0.25) is 0 Å². The summed E-state index contributed by atoms with van der Waals surface area (Å²) >= 11 is 3.49. The Bertz CT molecular complexity index is 918. The first kappa shape index (κ1) is 15.1. The number of rotatable bonds is 3. The molecule has 8 heteroatoms. The summed E-state index contributed by atoms with van der Waals surface area (Å²) in [5.41, 5.74) is 1.34. The SMILES string of the molecule is Cn1ccc(C(=O)NC2CN(c3ncnc4ccc(Br)cc34)C2)n1. The van der Waals surface area contributed by atoms with Gasteiger partial charge < -0.3 is 10.2 Å². The zero-order valence-electron chi connectivity index (χ0n) is 13.0. The minimum Gasteiger partial charge on any atom is -0.352 e. The predicted octanol–water partition coefficient (Wildman–Crippen LogP) is 1.74. The van der Waals surface area contributed by atoms with Gasteiger partial charge in [-0.25, -0.2) is 9.97 Å². The number of carbonyl (C=O) groups excluding carboxylic acids is 1. The summed E-state index contributed by atoms with van der Waals surface area (Å²) < 4.78 is 2.61. The molecule has 0 atom stereocenters. The van der Waals surface area contributed by atoms with E-state index in [2.05, 4.69) is 41.2 Å². The van der Waals surface area contributed by atoms with Gasteiger partial charge in [0.1, 0.15) is 17.8 Å². The summed E-state index contributed by atoms with van der Waals surface area (Å²) in [5.74, 6) is 0.750. The predicted molar refractivity (Wildman–Crippen MR) is 93.9 cm³/mol. The molecule has 122 valence electrons. The van der Waals surface area contributed by atoms with E-state index in [1.165, 1.54) is 0 Å². The summed E-state index contributed by atoms with van der Waals surface area (Å²) in [6.07, 6.45) is 3.33. The smallest absolute Gasteiger partial charge is 0.272 e. The van der Waals surface area contributed by atoms with Crippen molar-refractivity contribution in [3.63, 3.8) is 0 Å². The van der Waals surface area contributed by atoms with Crippen LogP contribution in [-0.4, -0.2) is 44.8 Å². The van der Waals surface area contributed by atoms with Gasteiger partial charge in [0.2, 0.25) is 0 Å². The second kappa shape index (κ2) is 5.86. The summed E-state index contributed by atoms with van der Waals surface area (Å²) in [6.45, 7) is 1.44. The number of hydrogen-bond acceptors (Lipinski definition) is 5. The highest BCUT2D eigenvalue weighted by Gasteiger charge is 2.30. The van der Waals surface area contributed by atoms with E-state index in [-0.39, 0.29) is 11.9 Å². The van der Waals surface area contributed by atoms with Crippen molar-refractivity contribution >= 4 is 38.6 Å². The fourth-order valence-electron chi connectivity index (χ4n) is 2.81. The van der Waals surface area contributed by atoms with Crippen molar-refractivity contribution < 1.29 is 4.79 Å². The molecule has 0 radical (unpaired) electrons. The number of aromatic nitrogens is 4. The van der Waals surface area contributed by atoms with E-state index in [1.807, 2.05) is 18.2 Å². The maximum Gasteiger partial charge on any atom is 0.272 e. The number of fused-ring (bicyclic) bond motifs is 1. The standard InChI is InChI=1S/C16H15BrN6O/c1-22-5-4-14(21-22)16(24)20-11-7-23(8-11)15-12-6-10(17)2-3-13(12)18-9-19-15/h2-6,9,11H,7-8H2,1H3,(H,20,24). The zero-order chi connectivity index (χ0) is 16.7. The summed E-state index contributed by atoms with van der Waals surface area (Å²) in [6, 6.07) is 7.75. The van der Waals surface area contributed by atoms with E-state index >= 15 is 0 Å². The highest BCUT2D eigenvalue weighted by atomic mass is 79.9. The number of carbonyl (C=O) groups is 1. The largest absolute Gasteiger partial charge is 0.352 e. The van der Waals surface area contributed by atoms with Crippen LogP contribution in [0.5, 0.6) is 0 Å². The molecular weight excluding hydrogens is 372 g/mol. The molecule has 3 aromatic rings. The molecule has 2 aromatic heterocycles. The Balaban J connectivity index is 1.46. The molecule has 1 saturated heterocycles. The van der Waals surface area contributed by atoms with Crippen LogP contribution in [0.4, 0.5) is 5.82 Å². The number of aryl methyl sites for hydroxylation is 1. The highest BCUT2D eigenvalue weighted by molar-refractivity contribution is 9.10. The Morgan fingerprint density at radius 2 is 2.12 bits per heavy atom. The lowest BCUT2D eigenvalue weighted by molar-refractivity contribution is 0.0924. The first-order chi connectivity index (χ1) is 11.6. The average molecular weight is 387 g/mol. The van der Waals surface area contributed by atoms with Crippen LogP contribution in [0, 0.1) is 0 Å². The molecule has 1 aliphatic heterocycles.